The molecule has 4 unspecified atom stereocenters. The lowest BCUT2D eigenvalue weighted by Gasteiger charge is -2.60. The summed E-state index contributed by atoms with van der Waals surface area (Å²) < 4.78 is 0. The Bertz CT molecular complexity index is 476. The van der Waals surface area contributed by atoms with E-state index in [-0.39, 0.29) is 0 Å². The SMILES string of the molecule is O=C1C2C3CCC(C3)C2CN1C12CC3CC(CC(C3)C1)C2. The number of amides is 1. The summed E-state index contributed by atoms with van der Waals surface area (Å²) in [5, 5.41) is 0. The Morgan fingerprint density at radius 3 is 2.10 bits per heavy atom. The molecule has 2 heteroatoms. The van der Waals surface area contributed by atoms with E-state index in [1.165, 1.54) is 57.8 Å². The average molecular weight is 285 g/mol. The lowest BCUT2D eigenvalue weighted by Crippen LogP contribution is -2.60. The number of hydrogen-bond donors (Lipinski definition) is 0. The molecular formula is C19H27NO. The number of likely N-dealkylation sites (tertiary alicyclic amines) is 1. The molecule has 1 amide bonds. The van der Waals surface area contributed by atoms with Crippen molar-refractivity contribution in [2.24, 2.45) is 41.4 Å². The van der Waals surface area contributed by atoms with Gasteiger partial charge < -0.3 is 4.90 Å². The number of fused-ring (bicyclic) bond motifs is 5. The van der Waals surface area contributed by atoms with E-state index in [2.05, 4.69) is 4.90 Å². The van der Waals surface area contributed by atoms with Gasteiger partial charge in [-0.3, -0.25) is 4.79 Å². The van der Waals surface area contributed by atoms with Gasteiger partial charge in [-0.25, -0.2) is 0 Å². The molecule has 6 bridgehead atoms. The van der Waals surface area contributed by atoms with Gasteiger partial charge in [0.25, 0.3) is 0 Å². The molecule has 6 saturated carbocycles. The molecule has 1 heterocycles. The molecule has 1 aliphatic heterocycles. The van der Waals surface area contributed by atoms with Crippen molar-refractivity contribution < 1.29 is 4.79 Å². The zero-order valence-electron chi connectivity index (χ0n) is 13.0. The second-order valence-electron chi connectivity index (χ2n) is 9.61. The van der Waals surface area contributed by atoms with E-state index < -0.39 is 0 Å². The minimum atomic E-state index is 0.329. The van der Waals surface area contributed by atoms with Crippen molar-refractivity contribution >= 4 is 5.91 Å². The molecule has 7 aliphatic rings. The Morgan fingerprint density at radius 1 is 0.857 bits per heavy atom. The van der Waals surface area contributed by atoms with Gasteiger partial charge >= 0.3 is 0 Å². The molecule has 7 fully saturated rings. The quantitative estimate of drug-likeness (QED) is 0.722. The molecule has 0 radical (unpaired) electrons. The number of carbonyl (C=O) groups excluding carboxylic acids is 1. The van der Waals surface area contributed by atoms with E-state index in [0.717, 1.165) is 42.1 Å². The van der Waals surface area contributed by atoms with Gasteiger partial charge in [0.2, 0.25) is 5.91 Å². The Hall–Kier alpha value is -0.530. The van der Waals surface area contributed by atoms with E-state index >= 15 is 0 Å². The second kappa shape index (κ2) is 3.68. The lowest BCUT2D eigenvalue weighted by molar-refractivity contribution is -0.148. The number of nitrogens with zero attached hydrogens (tertiary/aromatic N) is 1. The van der Waals surface area contributed by atoms with Gasteiger partial charge in [0, 0.05) is 18.0 Å². The van der Waals surface area contributed by atoms with Gasteiger partial charge in [0.05, 0.1) is 0 Å². The minimum Gasteiger partial charge on any atom is -0.336 e. The van der Waals surface area contributed by atoms with Crippen LogP contribution in [0.4, 0.5) is 0 Å². The highest BCUT2D eigenvalue weighted by molar-refractivity contribution is 5.83. The largest absolute Gasteiger partial charge is 0.336 e. The fraction of sp³-hybridized carbons (Fsp3) is 0.947. The third-order valence-electron chi connectivity index (χ3n) is 8.61. The van der Waals surface area contributed by atoms with Gasteiger partial charge in [-0.1, -0.05) is 0 Å². The van der Waals surface area contributed by atoms with Crippen molar-refractivity contribution in [2.45, 2.75) is 63.3 Å². The van der Waals surface area contributed by atoms with Crippen LogP contribution in [-0.2, 0) is 4.79 Å². The van der Waals surface area contributed by atoms with E-state index in [1.54, 1.807) is 0 Å². The second-order valence-corrected chi connectivity index (χ2v) is 9.61. The molecule has 2 nitrogen and oxygen atoms in total. The van der Waals surface area contributed by atoms with Gasteiger partial charge in [-0.05, 0) is 93.3 Å². The van der Waals surface area contributed by atoms with Crippen LogP contribution in [0.3, 0.4) is 0 Å². The minimum absolute atomic E-state index is 0.329. The van der Waals surface area contributed by atoms with Crippen LogP contribution in [0.25, 0.3) is 0 Å². The Kier molecular flexibility index (Phi) is 2.10. The van der Waals surface area contributed by atoms with Crippen LogP contribution >= 0.6 is 0 Å². The molecule has 4 atom stereocenters. The summed E-state index contributed by atoms with van der Waals surface area (Å²) in [7, 11) is 0. The number of rotatable bonds is 1. The maximum Gasteiger partial charge on any atom is 0.226 e. The normalized spacial score (nSPS) is 60.1. The summed E-state index contributed by atoms with van der Waals surface area (Å²) in [6.07, 6.45) is 12.7. The number of carbonyl (C=O) groups is 1. The summed E-state index contributed by atoms with van der Waals surface area (Å²) in [5.41, 5.74) is 0.329. The third kappa shape index (κ3) is 1.39. The van der Waals surface area contributed by atoms with Crippen LogP contribution in [0, 0.1) is 41.4 Å². The first kappa shape index (κ1) is 12.0. The maximum absolute atomic E-state index is 13.2. The van der Waals surface area contributed by atoms with Crippen LogP contribution in [0.1, 0.15) is 57.8 Å². The van der Waals surface area contributed by atoms with Crippen molar-refractivity contribution in [1.29, 1.82) is 0 Å². The molecule has 114 valence electrons. The third-order valence-corrected chi connectivity index (χ3v) is 8.61. The lowest BCUT2D eigenvalue weighted by atomic mass is 9.52. The van der Waals surface area contributed by atoms with Gasteiger partial charge in [0.1, 0.15) is 0 Å². The summed E-state index contributed by atoms with van der Waals surface area (Å²) in [4.78, 5) is 15.7. The summed E-state index contributed by atoms with van der Waals surface area (Å²) >= 11 is 0. The molecular weight excluding hydrogens is 258 g/mol. The van der Waals surface area contributed by atoms with Crippen LogP contribution in [0.2, 0.25) is 0 Å². The average Bonchev–Trinajstić information content (AvgIpc) is 3.10. The fourth-order valence-electron chi connectivity index (χ4n) is 8.36. The molecule has 0 N–H and O–H groups in total. The van der Waals surface area contributed by atoms with Crippen LogP contribution in [0.15, 0.2) is 0 Å². The summed E-state index contributed by atoms with van der Waals surface area (Å²) in [5.74, 6) is 6.37. The molecule has 1 saturated heterocycles. The predicted molar refractivity (Wildman–Crippen MR) is 80.4 cm³/mol. The van der Waals surface area contributed by atoms with Crippen molar-refractivity contribution in [1.82, 2.24) is 4.90 Å². The smallest absolute Gasteiger partial charge is 0.226 e. The van der Waals surface area contributed by atoms with E-state index in [0.29, 0.717) is 17.4 Å². The first-order chi connectivity index (χ1) is 10.2. The van der Waals surface area contributed by atoms with Gasteiger partial charge in [-0.2, -0.15) is 0 Å². The standard InChI is InChI=1S/C19H27NO/c21-18-17-15-2-1-14(6-15)16(17)10-20(18)19-7-11-3-12(8-19)5-13(4-11)9-19/h11-17H,1-10H2. The first-order valence-corrected chi connectivity index (χ1v) is 9.53. The van der Waals surface area contributed by atoms with E-state index in [4.69, 9.17) is 0 Å². The first-order valence-electron chi connectivity index (χ1n) is 9.53. The fourth-order valence-corrected chi connectivity index (χ4v) is 8.36. The van der Waals surface area contributed by atoms with Crippen LogP contribution in [0.5, 0.6) is 0 Å². The van der Waals surface area contributed by atoms with Gasteiger partial charge in [-0.15, -0.1) is 0 Å². The van der Waals surface area contributed by atoms with Crippen LogP contribution < -0.4 is 0 Å². The molecule has 7 rings (SSSR count). The monoisotopic (exact) mass is 285 g/mol. The Labute approximate surface area is 127 Å². The van der Waals surface area contributed by atoms with Crippen molar-refractivity contribution in [3.05, 3.63) is 0 Å². The van der Waals surface area contributed by atoms with Crippen molar-refractivity contribution in [3.8, 4) is 0 Å². The Morgan fingerprint density at radius 2 is 1.48 bits per heavy atom. The zero-order chi connectivity index (χ0) is 13.8. The molecule has 0 aromatic heterocycles. The Balaban J connectivity index is 1.36. The molecule has 0 aromatic carbocycles. The van der Waals surface area contributed by atoms with Crippen molar-refractivity contribution in [3.63, 3.8) is 0 Å². The molecule has 0 aromatic rings. The van der Waals surface area contributed by atoms with Crippen molar-refractivity contribution in [2.75, 3.05) is 6.54 Å². The highest BCUT2D eigenvalue weighted by Gasteiger charge is 2.62. The van der Waals surface area contributed by atoms with Crippen LogP contribution in [-0.4, -0.2) is 22.9 Å². The van der Waals surface area contributed by atoms with E-state index in [9.17, 15) is 4.79 Å². The summed E-state index contributed by atoms with van der Waals surface area (Å²) in [6.45, 7) is 1.15. The van der Waals surface area contributed by atoms with Gasteiger partial charge in [0.15, 0.2) is 0 Å². The number of hydrogen-bond acceptors (Lipinski definition) is 1. The molecule has 0 spiro atoms. The highest BCUT2D eigenvalue weighted by atomic mass is 16.2. The zero-order valence-corrected chi connectivity index (χ0v) is 13.0. The van der Waals surface area contributed by atoms with E-state index in [1.807, 2.05) is 0 Å². The summed E-state index contributed by atoms with van der Waals surface area (Å²) in [6, 6.07) is 0. The highest BCUT2D eigenvalue weighted by Crippen LogP contribution is 2.62. The maximum atomic E-state index is 13.2. The molecule has 6 aliphatic carbocycles. The predicted octanol–water partition coefficient (Wildman–Crippen LogP) is 3.46. The topological polar surface area (TPSA) is 20.3 Å². The molecule has 21 heavy (non-hydrogen) atoms.